The van der Waals surface area contributed by atoms with E-state index < -0.39 is 0 Å². The second-order valence-corrected chi connectivity index (χ2v) is 7.11. The first-order valence-electron chi connectivity index (χ1n) is 9.50. The van der Waals surface area contributed by atoms with Crippen LogP contribution in [0.3, 0.4) is 0 Å². The van der Waals surface area contributed by atoms with E-state index in [0.717, 1.165) is 44.6 Å². The first-order valence-corrected chi connectivity index (χ1v) is 9.50. The number of piperidine rings is 1. The van der Waals surface area contributed by atoms with Gasteiger partial charge in [0.25, 0.3) is 0 Å². The molecular formula is C22H28N2O2. The van der Waals surface area contributed by atoms with Gasteiger partial charge in [-0.3, -0.25) is 4.79 Å². The Bertz CT molecular complexity index is 675. The lowest BCUT2D eigenvalue weighted by molar-refractivity contribution is -0.116. The number of para-hydroxylation sites is 1. The lowest BCUT2D eigenvalue weighted by Crippen LogP contribution is -2.44. The van der Waals surface area contributed by atoms with E-state index in [1.54, 1.807) is 0 Å². The van der Waals surface area contributed by atoms with Crippen molar-refractivity contribution in [3.63, 3.8) is 0 Å². The van der Waals surface area contributed by atoms with E-state index in [0.29, 0.717) is 6.42 Å². The number of rotatable bonds is 7. The number of anilines is 1. The van der Waals surface area contributed by atoms with Crippen molar-refractivity contribution in [3.8, 4) is 0 Å². The van der Waals surface area contributed by atoms with E-state index in [4.69, 9.17) is 0 Å². The number of hydrogen-bond acceptors (Lipinski definition) is 3. The van der Waals surface area contributed by atoms with Crippen LogP contribution in [0.4, 0.5) is 5.69 Å². The molecule has 2 aromatic rings. The summed E-state index contributed by atoms with van der Waals surface area (Å²) in [6, 6.07) is 20.0. The third kappa shape index (κ3) is 5.68. The normalized spacial score (nSPS) is 20.7. The van der Waals surface area contributed by atoms with Gasteiger partial charge in [-0.2, -0.15) is 0 Å². The van der Waals surface area contributed by atoms with Crippen LogP contribution in [-0.4, -0.2) is 41.7 Å². The smallest absolute Gasteiger partial charge is 0.224 e. The Morgan fingerprint density at radius 1 is 1.08 bits per heavy atom. The Morgan fingerprint density at radius 2 is 1.77 bits per heavy atom. The van der Waals surface area contributed by atoms with E-state index in [2.05, 4.69) is 34.5 Å². The van der Waals surface area contributed by atoms with E-state index in [9.17, 15) is 9.90 Å². The van der Waals surface area contributed by atoms with E-state index in [1.807, 2.05) is 36.4 Å². The van der Waals surface area contributed by atoms with Crippen molar-refractivity contribution in [3.05, 3.63) is 66.2 Å². The summed E-state index contributed by atoms with van der Waals surface area (Å²) in [4.78, 5) is 14.6. The Morgan fingerprint density at radius 3 is 2.50 bits per heavy atom. The molecule has 0 saturated carbocycles. The van der Waals surface area contributed by atoms with Crippen LogP contribution in [0.2, 0.25) is 0 Å². The molecule has 0 aliphatic carbocycles. The minimum Gasteiger partial charge on any atom is -0.393 e. The minimum absolute atomic E-state index is 0.0183. The van der Waals surface area contributed by atoms with Crippen LogP contribution in [0.25, 0.3) is 0 Å². The highest BCUT2D eigenvalue weighted by Gasteiger charge is 2.27. The van der Waals surface area contributed by atoms with Crippen LogP contribution in [0.1, 0.15) is 24.8 Å². The fourth-order valence-electron chi connectivity index (χ4n) is 3.58. The number of carbonyl (C=O) groups excluding carboxylic acids is 1. The van der Waals surface area contributed by atoms with Crippen molar-refractivity contribution in [2.45, 2.75) is 31.8 Å². The van der Waals surface area contributed by atoms with Crippen molar-refractivity contribution in [1.29, 1.82) is 0 Å². The highest BCUT2D eigenvalue weighted by molar-refractivity contribution is 5.90. The Labute approximate surface area is 155 Å². The highest BCUT2D eigenvalue weighted by Crippen LogP contribution is 2.22. The van der Waals surface area contributed by atoms with Gasteiger partial charge in [0.1, 0.15) is 0 Å². The molecule has 0 aromatic heterocycles. The number of aliphatic hydroxyl groups excluding tert-OH is 1. The molecule has 1 fully saturated rings. The number of benzene rings is 2. The predicted octanol–water partition coefficient (Wildman–Crippen LogP) is 3.33. The van der Waals surface area contributed by atoms with Crippen LogP contribution in [0.5, 0.6) is 0 Å². The number of nitrogens with zero attached hydrogens (tertiary/aromatic N) is 1. The monoisotopic (exact) mass is 352 g/mol. The lowest BCUT2D eigenvalue weighted by atomic mass is 9.90. The van der Waals surface area contributed by atoms with Gasteiger partial charge in [-0.1, -0.05) is 48.5 Å². The third-order valence-electron chi connectivity index (χ3n) is 5.14. The first-order chi connectivity index (χ1) is 12.7. The molecule has 2 atom stereocenters. The Kier molecular flexibility index (Phi) is 6.81. The average molecular weight is 352 g/mol. The summed E-state index contributed by atoms with van der Waals surface area (Å²) in [6.07, 6.45) is 2.69. The van der Waals surface area contributed by atoms with Gasteiger partial charge >= 0.3 is 0 Å². The minimum atomic E-state index is -0.299. The summed E-state index contributed by atoms with van der Waals surface area (Å²) in [6.45, 7) is 2.80. The molecule has 3 rings (SSSR count). The zero-order valence-electron chi connectivity index (χ0n) is 15.2. The maximum absolute atomic E-state index is 12.1. The van der Waals surface area contributed by atoms with E-state index in [-0.39, 0.29) is 17.9 Å². The summed E-state index contributed by atoms with van der Waals surface area (Å²) < 4.78 is 0. The summed E-state index contributed by atoms with van der Waals surface area (Å²) in [5.74, 6) is 0.186. The van der Waals surface area contributed by atoms with Crippen molar-refractivity contribution < 1.29 is 9.90 Å². The predicted molar refractivity (Wildman–Crippen MR) is 105 cm³/mol. The quantitative estimate of drug-likeness (QED) is 0.804. The molecule has 0 radical (unpaired) electrons. The highest BCUT2D eigenvalue weighted by atomic mass is 16.3. The molecule has 4 heteroatoms. The second-order valence-electron chi connectivity index (χ2n) is 7.11. The van der Waals surface area contributed by atoms with Crippen LogP contribution in [0.15, 0.2) is 60.7 Å². The Balaban J connectivity index is 1.43. The third-order valence-corrected chi connectivity index (χ3v) is 5.14. The molecule has 1 aliphatic heterocycles. The number of likely N-dealkylation sites (tertiary alicyclic amines) is 1. The Hall–Kier alpha value is -2.17. The fourth-order valence-corrected chi connectivity index (χ4v) is 3.58. The molecule has 138 valence electrons. The molecule has 0 spiro atoms. The van der Waals surface area contributed by atoms with E-state index >= 15 is 0 Å². The molecule has 0 bridgehead atoms. The molecule has 2 N–H and O–H groups in total. The molecule has 1 aliphatic rings. The molecule has 26 heavy (non-hydrogen) atoms. The maximum atomic E-state index is 12.1. The number of hydrogen-bond donors (Lipinski definition) is 2. The summed E-state index contributed by atoms with van der Waals surface area (Å²) >= 11 is 0. The van der Waals surface area contributed by atoms with E-state index in [1.165, 1.54) is 5.56 Å². The fraction of sp³-hybridized carbons (Fsp3) is 0.409. The second kappa shape index (κ2) is 9.51. The van der Waals surface area contributed by atoms with Gasteiger partial charge in [-0.05, 0) is 42.9 Å². The van der Waals surface area contributed by atoms with Gasteiger partial charge in [0.05, 0.1) is 6.10 Å². The first kappa shape index (κ1) is 18.6. The molecule has 1 amide bonds. The molecule has 4 nitrogen and oxygen atoms in total. The van der Waals surface area contributed by atoms with Crippen LogP contribution >= 0.6 is 0 Å². The molecule has 1 saturated heterocycles. The van der Waals surface area contributed by atoms with Gasteiger partial charge in [0.2, 0.25) is 5.91 Å². The number of amides is 1. The summed E-state index contributed by atoms with van der Waals surface area (Å²) in [7, 11) is 0. The summed E-state index contributed by atoms with van der Waals surface area (Å²) in [5, 5.41) is 13.2. The van der Waals surface area contributed by atoms with Gasteiger partial charge in [0, 0.05) is 31.7 Å². The molecular weight excluding hydrogens is 324 g/mol. The van der Waals surface area contributed by atoms with Crippen LogP contribution in [-0.2, 0) is 11.2 Å². The topological polar surface area (TPSA) is 52.6 Å². The van der Waals surface area contributed by atoms with Crippen LogP contribution < -0.4 is 5.32 Å². The number of carbonyl (C=O) groups is 1. The number of nitrogens with one attached hydrogen (secondary N) is 1. The van der Waals surface area contributed by atoms with Gasteiger partial charge in [0.15, 0.2) is 0 Å². The largest absolute Gasteiger partial charge is 0.393 e. The zero-order chi connectivity index (χ0) is 18.2. The van der Waals surface area contributed by atoms with Crippen molar-refractivity contribution >= 4 is 11.6 Å². The molecule has 2 aromatic carbocycles. The zero-order valence-corrected chi connectivity index (χ0v) is 15.2. The van der Waals surface area contributed by atoms with Gasteiger partial charge < -0.3 is 15.3 Å². The number of aliphatic hydroxyl groups is 1. The van der Waals surface area contributed by atoms with Crippen molar-refractivity contribution in [2.24, 2.45) is 5.92 Å². The molecule has 2 unspecified atom stereocenters. The van der Waals surface area contributed by atoms with Crippen molar-refractivity contribution in [2.75, 3.05) is 25.0 Å². The van der Waals surface area contributed by atoms with Crippen molar-refractivity contribution in [1.82, 2.24) is 4.90 Å². The standard InChI is InChI=1S/C22H28N2O2/c25-21-14-16-24(15-13-18-7-3-1-4-8-18)17-19(21)11-12-22(26)23-20-9-5-2-6-10-20/h1-10,19,21,25H,11-17H2,(H,23,26). The van der Waals surface area contributed by atoms with Gasteiger partial charge in [-0.25, -0.2) is 0 Å². The van der Waals surface area contributed by atoms with Crippen LogP contribution in [0, 0.1) is 5.92 Å². The average Bonchev–Trinajstić information content (AvgIpc) is 2.68. The maximum Gasteiger partial charge on any atom is 0.224 e. The van der Waals surface area contributed by atoms with Gasteiger partial charge in [-0.15, -0.1) is 0 Å². The summed E-state index contributed by atoms with van der Waals surface area (Å²) in [5.41, 5.74) is 2.17. The SMILES string of the molecule is O=C(CCC1CN(CCc2ccccc2)CCC1O)Nc1ccccc1. The molecule has 1 heterocycles. The lowest BCUT2D eigenvalue weighted by Gasteiger charge is -2.36.